The van der Waals surface area contributed by atoms with E-state index in [2.05, 4.69) is 39.0 Å². The van der Waals surface area contributed by atoms with Crippen LogP contribution in [0.5, 0.6) is 0 Å². The topological polar surface area (TPSA) is 20.3 Å². The number of benzene rings is 1. The molecule has 0 amide bonds. The zero-order valence-electron chi connectivity index (χ0n) is 9.93. The number of fused-ring (bicyclic) bond motifs is 1. The maximum absolute atomic E-state index is 11.4. The first-order chi connectivity index (χ1) is 8.72. The van der Waals surface area contributed by atoms with Crippen LogP contribution in [0.4, 0.5) is 0 Å². The Bertz CT molecular complexity index is 514. The molecule has 1 atom stereocenters. The molecule has 1 fully saturated rings. The largest absolute Gasteiger partial charge is 0.295 e. The second-order valence-corrected chi connectivity index (χ2v) is 6.80. The van der Waals surface area contributed by atoms with Crippen LogP contribution in [0.25, 0.3) is 0 Å². The van der Waals surface area contributed by atoms with E-state index in [1.54, 1.807) is 0 Å². The third-order valence-electron chi connectivity index (χ3n) is 3.44. The van der Waals surface area contributed by atoms with Crippen molar-refractivity contribution in [3.8, 4) is 0 Å². The fraction of sp³-hybridized carbons (Fsp3) is 0.357. The highest BCUT2D eigenvalue weighted by molar-refractivity contribution is 9.10. The molecule has 0 radical (unpaired) electrons. The van der Waals surface area contributed by atoms with Crippen LogP contribution in [-0.4, -0.2) is 28.4 Å². The highest BCUT2D eigenvalue weighted by Gasteiger charge is 2.30. The Balaban J connectivity index is 1.70. The lowest BCUT2D eigenvalue weighted by Gasteiger charge is -2.31. The predicted octanol–water partition coefficient (Wildman–Crippen LogP) is 3.22. The fourth-order valence-electron chi connectivity index (χ4n) is 2.53. The molecule has 1 aromatic rings. The van der Waals surface area contributed by atoms with Crippen LogP contribution in [0, 0.1) is 0 Å². The zero-order chi connectivity index (χ0) is 12.5. The second kappa shape index (κ2) is 5.19. The smallest absolute Gasteiger partial charge is 0.212 e. The number of halogens is 1. The van der Waals surface area contributed by atoms with Crippen molar-refractivity contribution in [1.29, 1.82) is 0 Å². The van der Waals surface area contributed by atoms with Crippen LogP contribution in [0.2, 0.25) is 0 Å². The Morgan fingerprint density at radius 2 is 2.22 bits per heavy atom. The van der Waals surface area contributed by atoms with E-state index in [1.807, 2.05) is 12.1 Å². The van der Waals surface area contributed by atoms with Crippen LogP contribution < -0.4 is 0 Å². The van der Waals surface area contributed by atoms with Gasteiger partial charge < -0.3 is 0 Å². The van der Waals surface area contributed by atoms with Gasteiger partial charge in [0, 0.05) is 29.4 Å². The number of rotatable bonds is 2. The number of hydrogen-bond donors (Lipinski definition) is 0. The Morgan fingerprint density at radius 1 is 1.39 bits per heavy atom. The average Bonchev–Trinajstić information content (AvgIpc) is 2.71. The summed E-state index contributed by atoms with van der Waals surface area (Å²) in [5.74, 6) is 0. The van der Waals surface area contributed by atoms with Crippen molar-refractivity contribution >= 4 is 32.8 Å². The summed E-state index contributed by atoms with van der Waals surface area (Å²) in [4.78, 5) is 13.8. The molecule has 2 heterocycles. The summed E-state index contributed by atoms with van der Waals surface area (Å²) in [7, 11) is 0. The van der Waals surface area contributed by atoms with Crippen molar-refractivity contribution in [2.45, 2.75) is 18.2 Å². The summed E-state index contributed by atoms with van der Waals surface area (Å²) >= 11 is 5.08. The number of thioether (sulfide) groups is 1. The highest BCUT2D eigenvalue weighted by atomic mass is 79.9. The van der Waals surface area contributed by atoms with Crippen molar-refractivity contribution in [3.05, 3.63) is 46.0 Å². The van der Waals surface area contributed by atoms with Gasteiger partial charge in [0.25, 0.3) is 0 Å². The summed E-state index contributed by atoms with van der Waals surface area (Å²) < 4.78 is 1.16. The van der Waals surface area contributed by atoms with Crippen molar-refractivity contribution in [2.75, 3.05) is 13.1 Å². The SMILES string of the molecule is O=C1C=C2CN(Cc3ccccc3Br)CCC2S1. The van der Waals surface area contributed by atoms with Gasteiger partial charge in [-0.1, -0.05) is 45.9 Å². The second-order valence-electron chi connectivity index (χ2n) is 4.74. The molecule has 0 aromatic heterocycles. The maximum Gasteiger partial charge on any atom is 0.212 e. The molecule has 1 unspecified atom stereocenters. The molecule has 0 N–H and O–H groups in total. The number of hydrogen-bond acceptors (Lipinski definition) is 3. The molecule has 2 aliphatic rings. The Kier molecular flexibility index (Phi) is 3.59. The molecule has 3 rings (SSSR count). The zero-order valence-corrected chi connectivity index (χ0v) is 12.3. The molecule has 18 heavy (non-hydrogen) atoms. The van der Waals surface area contributed by atoms with Gasteiger partial charge in [-0.2, -0.15) is 0 Å². The molecular weight excluding hydrogens is 310 g/mol. The van der Waals surface area contributed by atoms with E-state index in [4.69, 9.17) is 0 Å². The lowest BCUT2D eigenvalue weighted by molar-refractivity contribution is -0.106. The van der Waals surface area contributed by atoms with E-state index >= 15 is 0 Å². The van der Waals surface area contributed by atoms with Crippen LogP contribution in [0.3, 0.4) is 0 Å². The van der Waals surface area contributed by atoms with Gasteiger partial charge >= 0.3 is 0 Å². The predicted molar refractivity (Wildman–Crippen MR) is 78.5 cm³/mol. The molecule has 2 nitrogen and oxygen atoms in total. The minimum absolute atomic E-state index is 0.234. The number of likely N-dealkylation sites (tertiary alicyclic amines) is 1. The Hall–Kier alpha value is -0.580. The molecule has 1 aromatic carbocycles. The van der Waals surface area contributed by atoms with Gasteiger partial charge in [0.2, 0.25) is 5.12 Å². The Labute approximate surface area is 120 Å². The summed E-state index contributed by atoms with van der Waals surface area (Å²) in [6.07, 6.45) is 2.92. The molecule has 0 spiro atoms. The molecule has 2 aliphatic heterocycles. The molecule has 94 valence electrons. The standard InChI is InChI=1S/C14H14BrNOS/c15-12-4-2-1-3-10(12)8-16-6-5-13-11(9-16)7-14(17)18-13/h1-4,7,13H,5-6,8-9H2. The summed E-state index contributed by atoms with van der Waals surface area (Å²) in [5, 5.41) is 0.686. The number of piperidine rings is 1. The number of carbonyl (C=O) groups excluding carboxylic acids is 1. The minimum Gasteiger partial charge on any atom is -0.295 e. The lowest BCUT2D eigenvalue weighted by atomic mass is 10.0. The normalized spacial score (nSPS) is 23.9. The van der Waals surface area contributed by atoms with Crippen molar-refractivity contribution < 1.29 is 4.79 Å². The summed E-state index contributed by atoms with van der Waals surface area (Å²) in [6, 6.07) is 8.34. The van der Waals surface area contributed by atoms with E-state index in [9.17, 15) is 4.79 Å². The van der Waals surface area contributed by atoms with E-state index in [0.717, 1.165) is 30.5 Å². The minimum atomic E-state index is 0.234. The summed E-state index contributed by atoms with van der Waals surface area (Å²) in [5.41, 5.74) is 2.62. The molecule has 0 aliphatic carbocycles. The monoisotopic (exact) mass is 323 g/mol. The van der Waals surface area contributed by atoms with E-state index in [0.29, 0.717) is 5.25 Å². The first-order valence-electron chi connectivity index (χ1n) is 6.09. The molecule has 0 bridgehead atoms. The van der Waals surface area contributed by atoms with Crippen LogP contribution in [0.1, 0.15) is 12.0 Å². The third kappa shape index (κ3) is 2.56. The fourth-order valence-corrected chi connectivity index (χ4v) is 3.95. The first-order valence-corrected chi connectivity index (χ1v) is 7.76. The lowest BCUT2D eigenvalue weighted by Crippen LogP contribution is -2.35. The molecule has 4 heteroatoms. The molecule has 1 saturated heterocycles. The van der Waals surface area contributed by atoms with Gasteiger partial charge in [0.05, 0.1) is 0 Å². The van der Waals surface area contributed by atoms with Gasteiger partial charge in [-0.15, -0.1) is 0 Å². The quantitative estimate of drug-likeness (QED) is 0.833. The Morgan fingerprint density at radius 3 is 3.06 bits per heavy atom. The number of carbonyl (C=O) groups is 1. The molecular formula is C14H14BrNOS. The molecule has 0 saturated carbocycles. The first kappa shape index (κ1) is 12.5. The van der Waals surface area contributed by atoms with Gasteiger partial charge in [0.15, 0.2) is 0 Å². The van der Waals surface area contributed by atoms with Crippen molar-refractivity contribution in [3.63, 3.8) is 0 Å². The van der Waals surface area contributed by atoms with Crippen molar-refractivity contribution in [2.24, 2.45) is 0 Å². The van der Waals surface area contributed by atoms with Gasteiger partial charge in [0.1, 0.15) is 0 Å². The van der Waals surface area contributed by atoms with E-state index < -0.39 is 0 Å². The van der Waals surface area contributed by atoms with E-state index in [-0.39, 0.29) is 5.12 Å². The highest BCUT2D eigenvalue weighted by Crippen LogP contribution is 2.35. The average molecular weight is 324 g/mol. The van der Waals surface area contributed by atoms with Crippen LogP contribution in [-0.2, 0) is 11.3 Å². The van der Waals surface area contributed by atoms with Gasteiger partial charge in [-0.25, -0.2) is 0 Å². The van der Waals surface area contributed by atoms with E-state index in [1.165, 1.54) is 22.9 Å². The van der Waals surface area contributed by atoms with Gasteiger partial charge in [-0.05, 0) is 29.7 Å². The number of nitrogens with zero attached hydrogens (tertiary/aromatic N) is 1. The van der Waals surface area contributed by atoms with Crippen LogP contribution in [0.15, 0.2) is 40.4 Å². The van der Waals surface area contributed by atoms with Crippen molar-refractivity contribution in [1.82, 2.24) is 4.90 Å². The van der Waals surface area contributed by atoms with Gasteiger partial charge in [-0.3, -0.25) is 9.69 Å². The van der Waals surface area contributed by atoms with Crippen LogP contribution >= 0.6 is 27.7 Å². The maximum atomic E-state index is 11.4. The summed E-state index contributed by atoms with van der Waals surface area (Å²) in [6.45, 7) is 2.96. The third-order valence-corrected chi connectivity index (χ3v) is 5.39.